The number of carbonyl (C=O) groups is 2. The average Bonchev–Trinajstić information content (AvgIpc) is 3.63. The molecule has 4 heterocycles. The molecule has 4 aliphatic heterocycles. The highest BCUT2D eigenvalue weighted by molar-refractivity contribution is 6.12. The van der Waals surface area contributed by atoms with Crippen LogP contribution in [0.4, 0.5) is 5.69 Å². The monoisotopic (exact) mass is 466 g/mol. The fourth-order valence-corrected chi connectivity index (χ4v) is 6.95. The van der Waals surface area contributed by atoms with E-state index in [1.165, 1.54) is 0 Å². The van der Waals surface area contributed by atoms with Gasteiger partial charge in [0, 0.05) is 28.8 Å². The van der Waals surface area contributed by atoms with Gasteiger partial charge in [0.1, 0.15) is 5.54 Å². The van der Waals surface area contributed by atoms with Crippen molar-refractivity contribution < 1.29 is 19.1 Å². The summed E-state index contributed by atoms with van der Waals surface area (Å²) in [5, 5.41) is 3.14. The number of amides is 1. The first-order chi connectivity index (χ1) is 17.1. The van der Waals surface area contributed by atoms with Gasteiger partial charge < -0.3 is 14.8 Å². The van der Waals surface area contributed by atoms with Crippen LogP contribution in [0.2, 0.25) is 0 Å². The van der Waals surface area contributed by atoms with Gasteiger partial charge in [-0.25, -0.2) is 0 Å². The second kappa shape index (κ2) is 7.43. The highest BCUT2D eigenvalue weighted by Crippen LogP contribution is 2.61. The molecule has 1 spiro atoms. The molecule has 7 rings (SSSR count). The fraction of sp³-hybridized carbons (Fsp3) is 0.310. The van der Waals surface area contributed by atoms with Crippen LogP contribution in [0.3, 0.4) is 0 Å². The first kappa shape index (κ1) is 20.7. The van der Waals surface area contributed by atoms with Crippen molar-refractivity contribution in [1.29, 1.82) is 0 Å². The van der Waals surface area contributed by atoms with E-state index < -0.39 is 11.5 Å². The second-order valence-electron chi connectivity index (χ2n) is 10.0. The lowest BCUT2D eigenvalue weighted by Gasteiger charge is -2.37. The maximum absolute atomic E-state index is 14.6. The van der Waals surface area contributed by atoms with Gasteiger partial charge in [0.05, 0.1) is 5.92 Å². The largest absolute Gasteiger partial charge is 0.454 e. The number of nitrogens with zero attached hydrogens (tertiary/aromatic N) is 1. The van der Waals surface area contributed by atoms with Crippen molar-refractivity contribution >= 4 is 17.4 Å². The lowest BCUT2D eigenvalue weighted by atomic mass is 9.68. The van der Waals surface area contributed by atoms with E-state index in [1.807, 2.05) is 37.3 Å². The number of benzene rings is 3. The summed E-state index contributed by atoms with van der Waals surface area (Å²) in [6.45, 7) is 2.98. The molecule has 1 N–H and O–H groups in total. The summed E-state index contributed by atoms with van der Waals surface area (Å²) in [6, 6.07) is 21.8. The number of ketones is 1. The van der Waals surface area contributed by atoms with Crippen molar-refractivity contribution in [3.63, 3.8) is 0 Å². The topological polar surface area (TPSA) is 67.9 Å². The number of aryl methyl sites for hydroxylation is 1. The lowest BCUT2D eigenvalue weighted by molar-refractivity contribution is -0.127. The molecule has 6 heteroatoms. The predicted molar refractivity (Wildman–Crippen MR) is 131 cm³/mol. The summed E-state index contributed by atoms with van der Waals surface area (Å²) in [5.74, 6) is 0.417. The van der Waals surface area contributed by atoms with Crippen LogP contribution in [0.15, 0.2) is 66.7 Å². The molecular formula is C29H26N2O4. The Morgan fingerprint density at radius 3 is 2.71 bits per heavy atom. The van der Waals surface area contributed by atoms with E-state index in [9.17, 15) is 9.59 Å². The summed E-state index contributed by atoms with van der Waals surface area (Å²) < 4.78 is 11.1. The Bertz CT molecular complexity index is 1370. The number of anilines is 1. The minimum atomic E-state index is -1.05. The lowest BCUT2D eigenvalue weighted by Crippen LogP contribution is -2.52. The van der Waals surface area contributed by atoms with Gasteiger partial charge in [-0.3, -0.25) is 14.5 Å². The van der Waals surface area contributed by atoms with E-state index >= 15 is 0 Å². The summed E-state index contributed by atoms with van der Waals surface area (Å²) in [5.41, 5.74) is 3.42. The number of fused-ring (bicyclic) bond motifs is 5. The van der Waals surface area contributed by atoms with Gasteiger partial charge in [0.15, 0.2) is 17.3 Å². The van der Waals surface area contributed by atoms with Crippen LogP contribution in [0.25, 0.3) is 0 Å². The first-order valence-corrected chi connectivity index (χ1v) is 12.3. The molecule has 2 saturated heterocycles. The van der Waals surface area contributed by atoms with Crippen LogP contribution in [0, 0.1) is 12.8 Å². The molecule has 4 atom stereocenters. The van der Waals surface area contributed by atoms with Crippen molar-refractivity contribution in [2.45, 2.75) is 37.3 Å². The van der Waals surface area contributed by atoms with Crippen LogP contribution < -0.4 is 14.8 Å². The van der Waals surface area contributed by atoms with Gasteiger partial charge in [-0.2, -0.15) is 0 Å². The Kier molecular flexibility index (Phi) is 4.39. The van der Waals surface area contributed by atoms with E-state index in [-0.39, 0.29) is 30.4 Å². The Hall–Kier alpha value is -3.64. The number of nitrogens with one attached hydrogen (secondary N) is 1. The van der Waals surface area contributed by atoms with E-state index in [2.05, 4.69) is 28.4 Å². The number of hydrogen-bond donors (Lipinski definition) is 1. The predicted octanol–water partition coefficient (Wildman–Crippen LogP) is 4.63. The maximum atomic E-state index is 14.6. The van der Waals surface area contributed by atoms with E-state index in [4.69, 9.17) is 9.47 Å². The molecule has 0 saturated carbocycles. The molecule has 1 amide bonds. The third kappa shape index (κ3) is 2.74. The van der Waals surface area contributed by atoms with E-state index in [0.717, 1.165) is 41.8 Å². The van der Waals surface area contributed by atoms with Gasteiger partial charge in [-0.1, -0.05) is 48.0 Å². The van der Waals surface area contributed by atoms with Gasteiger partial charge in [-0.15, -0.1) is 0 Å². The third-order valence-electron chi connectivity index (χ3n) is 8.28. The van der Waals surface area contributed by atoms with Crippen molar-refractivity contribution in [3.05, 3.63) is 89.0 Å². The Morgan fingerprint density at radius 1 is 1.03 bits per heavy atom. The van der Waals surface area contributed by atoms with Crippen LogP contribution in [-0.4, -0.2) is 36.0 Å². The van der Waals surface area contributed by atoms with E-state index in [1.54, 1.807) is 18.2 Å². The van der Waals surface area contributed by atoms with Crippen LogP contribution in [0.1, 0.15) is 45.8 Å². The fourth-order valence-electron chi connectivity index (χ4n) is 6.95. The molecule has 3 unspecified atom stereocenters. The number of Topliss-reactive ketones (excluding diaryl/α,β-unsaturated/α-hetero) is 1. The second-order valence-corrected chi connectivity index (χ2v) is 10.0. The molecule has 4 aliphatic rings. The molecule has 0 aromatic heterocycles. The zero-order chi connectivity index (χ0) is 23.7. The molecular weight excluding hydrogens is 440 g/mol. The van der Waals surface area contributed by atoms with Gasteiger partial charge in [0.2, 0.25) is 12.7 Å². The van der Waals surface area contributed by atoms with Crippen molar-refractivity contribution in [3.8, 4) is 11.5 Å². The van der Waals surface area contributed by atoms with Crippen molar-refractivity contribution in [2.75, 3.05) is 18.7 Å². The van der Waals surface area contributed by atoms with E-state index in [0.29, 0.717) is 17.1 Å². The molecule has 6 nitrogen and oxygen atoms in total. The zero-order valence-electron chi connectivity index (χ0n) is 19.5. The molecule has 35 heavy (non-hydrogen) atoms. The summed E-state index contributed by atoms with van der Waals surface area (Å²) in [7, 11) is 0. The number of ether oxygens (including phenoxy) is 2. The molecule has 3 aromatic carbocycles. The SMILES string of the molecule is Cc1ccc2c(c1)[C@]1(C(=O)N2)C(C(=O)c2ccc3c(c2)OCO3)C(c2ccccc2)C2CCCN21. The van der Waals surface area contributed by atoms with Gasteiger partial charge in [-0.05, 0) is 56.1 Å². The number of hydrogen-bond acceptors (Lipinski definition) is 5. The average molecular weight is 467 g/mol. The summed E-state index contributed by atoms with van der Waals surface area (Å²) in [4.78, 5) is 31.0. The molecule has 0 aliphatic carbocycles. The van der Waals surface area contributed by atoms with Crippen molar-refractivity contribution in [1.82, 2.24) is 4.90 Å². The highest BCUT2D eigenvalue weighted by atomic mass is 16.7. The number of carbonyl (C=O) groups excluding carboxylic acids is 2. The van der Waals surface area contributed by atoms with Gasteiger partial charge >= 0.3 is 0 Å². The minimum absolute atomic E-state index is 0.0314. The minimum Gasteiger partial charge on any atom is -0.454 e. The highest BCUT2D eigenvalue weighted by Gasteiger charge is 2.69. The molecule has 2 fully saturated rings. The zero-order valence-corrected chi connectivity index (χ0v) is 19.5. The van der Waals surface area contributed by atoms with Crippen LogP contribution in [0.5, 0.6) is 11.5 Å². The van der Waals surface area contributed by atoms with Crippen LogP contribution >= 0.6 is 0 Å². The Morgan fingerprint density at radius 2 is 1.86 bits per heavy atom. The maximum Gasteiger partial charge on any atom is 0.250 e. The van der Waals surface area contributed by atoms with Gasteiger partial charge in [0.25, 0.3) is 0 Å². The normalized spacial score (nSPS) is 28.3. The van der Waals surface area contributed by atoms with Crippen LogP contribution in [-0.2, 0) is 10.3 Å². The molecule has 176 valence electrons. The quantitative estimate of drug-likeness (QED) is 0.570. The third-order valence-corrected chi connectivity index (χ3v) is 8.28. The number of rotatable bonds is 3. The smallest absolute Gasteiger partial charge is 0.250 e. The molecule has 0 bridgehead atoms. The Labute approximate surface area is 203 Å². The molecule has 0 radical (unpaired) electrons. The summed E-state index contributed by atoms with van der Waals surface area (Å²) in [6.07, 6.45) is 1.97. The standard InChI is InChI=1S/C29H26N2O4/c1-17-9-11-21-20(14-17)29(28(33)30-21)26(27(32)19-10-12-23-24(15-19)35-16-34-23)25(18-6-3-2-4-7-18)22-8-5-13-31(22)29/h2-4,6-7,9-12,14-15,22,25-26H,5,8,13,16H2,1H3,(H,30,33)/t22?,25?,26?,29-/m1/s1. The van der Waals surface area contributed by atoms with Crippen molar-refractivity contribution in [2.24, 2.45) is 5.92 Å². The summed E-state index contributed by atoms with van der Waals surface area (Å²) >= 11 is 0. The first-order valence-electron chi connectivity index (χ1n) is 12.3. The molecule has 3 aromatic rings. The Balaban J connectivity index is 1.47.